The highest BCUT2D eigenvalue weighted by molar-refractivity contribution is 6.24. The van der Waals surface area contributed by atoms with Crippen LogP contribution in [0, 0.1) is 0 Å². The van der Waals surface area contributed by atoms with Crippen LogP contribution < -0.4 is 31.2 Å². The summed E-state index contributed by atoms with van der Waals surface area (Å²) < 4.78 is 23.5. The van der Waals surface area contributed by atoms with E-state index in [2.05, 4.69) is 46.9 Å². The molecule has 7 rings (SSSR count). The number of hydrogen-bond donors (Lipinski definition) is 4. The van der Waals surface area contributed by atoms with Crippen molar-refractivity contribution in [2.45, 2.75) is 63.5 Å². The summed E-state index contributed by atoms with van der Waals surface area (Å²) in [6.45, 7) is 6.93. The van der Waals surface area contributed by atoms with Crippen LogP contribution in [0.1, 0.15) is 81.5 Å². The van der Waals surface area contributed by atoms with Gasteiger partial charge in [0.25, 0.3) is 17.7 Å². The maximum Gasteiger partial charge on any atom is 0.262 e. The van der Waals surface area contributed by atoms with E-state index in [1.807, 2.05) is 48.5 Å². The average molecular weight is 805 g/mol. The van der Waals surface area contributed by atoms with E-state index in [4.69, 9.17) is 24.7 Å². The number of nitrogens with one attached hydrogen (secondary N) is 3. The highest BCUT2D eigenvalue weighted by Crippen LogP contribution is 2.34. The summed E-state index contributed by atoms with van der Waals surface area (Å²) in [5.74, 6) is -1.38. The molecular formula is C44H48N6O9. The first-order chi connectivity index (χ1) is 28.5. The molecule has 4 heterocycles. The Labute approximate surface area is 341 Å². The van der Waals surface area contributed by atoms with Crippen molar-refractivity contribution in [3.63, 3.8) is 0 Å². The standard InChI is InChI=1S/C44H48N6O9/c1-44(2,28-8-12-30(13-9-28)58-25-34-32(7-4-18-47-34)36-24-46-19-21-56-36)29-10-14-31(15-11-29)59-26-39(52)48-20-22-57-37(45)23-27-5-3-6-33-40(27)43(55)50(42(33)54)35-16-17-38(51)49-41(35)53/h3-15,18,35-37,46H,16-17,19-26,45H2,1-2H3,(H,48,52)(H,49,51,53). The smallest absolute Gasteiger partial charge is 0.262 e. The zero-order valence-corrected chi connectivity index (χ0v) is 33.0. The van der Waals surface area contributed by atoms with Crippen molar-refractivity contribution in [2.75, 3.05) is 39.5 Å². The number of imide groups is 2. The molecule has 15 nitrogen and oxygen atoms in total. The lowest BCUT2D eigenvalue weighted by Gasteiger charge is -2.27. The number of morpholine rings is 1. The largest absolute Gasteiger partial charge is 0.487 e. The third kappa shape index (κ3) is 9.50. The number of piperidine rings is 1. The van der Waals surface area contributed by atoms with Crippen molar-refractivity contribution in [3.05, 3.63) is 124 Å². The number of rotatable bonds is 16. The Hall–Kier alpha value is -6.00. The van der Waals surface area contributed by atoms with Crippen molar-refractivity contribution in [3.8, 4) is 11.5 Å². The van der Waals surface area contributed by atoms with Gasteiger partial charge in [0, 0.05) is 49.7 Å². The Kier molecular flexibility index (Phi) is 12.8. The molecule has 4 aromatic rings. The Morgan fingerprint density at radius 2 is 1.69 bits per heavy atom. The average Bonchev–Trinajstić information content (AvgIpc) is 3.50. The van der Waals surface area contributed by atoms with E-state index < -0.39 is 35.9 Å². The Morgan fingerprint density at radius 1 is 0.966 bits per heavy atom. The number of hydrogen-bond acceptors (Lipinski definition) is 12. The highest BCUT2D eigenvalue weighted by Gasteiger charge is 2.45. The lowest BCUT2D eigenvalue weighted by molar-refractivity contribution is -0.136. The van der Waals surface area contributed by atoms with Crippen LogP contribution in [0.5, 0.6) is 11.5 Å². The van der Waals surface area contributed by atoms with E-state index in [1.165, 1.54) is 6.07 Å². The molecule has 59 heavy (non-hydrogen) atoms. The van der Waals surface area contributed by atoms with Crippen molar-refractivity contribution in [1.82, 2.24) is 25.8 Å². The number of amides is 5. The molecule has 5 N–H and O–H groups in total. The van der Waals surface area contributed by atoms with Gasteiger partial charge in [-0.15, -0.1) is 0 Å². The molecule has 1 aromatic heterocycles. The molecule has 3 aliphatic heterocycles. The van der Waals surface area contributed by atoms with Crippen LogP contribution in [0.25, 0.3) is 0 Å². The van der Waals surface area contributed by atoms with E-state index in [0.29, 0.717) is 24.5 Å². The fourth-order valence-electron chi connectivity index (χ4n) is 7.51. The molecule has 3 aliphatic rings. The second kappa shape index (κ2) is 18.3. The molecular weight excluding hydrogens is 757 g/mol. The Bertz CT molecular complexity index is 2190. The van der Waals surface area contributed by atoms with Crippen molar-refractivity contribution < 1.29 is 42.9 Å². The predicted octanol–water partition coefficient (Wildman–Crippen LogP) is 3.09. The fourth-order valence-corrected chi connectivity index (χ4v) is 7.51. The van der Waals surface area contributed by atoms with Gasteiger partial charge in [-0.2, -0.15) is 0 Å². The Balaban J connectivity index is 0.834. The van der Waals surface area contributed by atoms with Crippen LogP contribution in [0.3, 0.4) is 0 Å². The van der Waals surface area contributed by atoms with Gasteiger partial charge in [-0.25, -0.2) is 0 Å². The van der Waals surface area contributed by atoms with Crippen LogP contribution in [0.15, 0.2) is 85.1 Å². The SMILES string of the molecule is CC(C)(c1ccc(OCC(=O)NCCOC(N)Cc2cccc3c2C(=O)N(C2CCC(=O)NC2=O)C3=O)cc1)c1ccc(OCc2ncccc2C2CNCCO2)cc1. The Morgan fingerprint density at radius 3 is 2.39 bits per heavy atom. The fraction of sp³-hybridized carbons (Fsp3) is 0.364. The first-order valence-corrected chi connectivity index (χ1v) is 19.7. The van der Waals surface area contributed by atoms with Crippen LogP contribution in [-0.4, -0.2) is 91.1 Å². The first-order valence-electron chi connectivity index (χ1n) is 19.7. The van der Waals surface area contributed by atoms with Crippen LogP contribution >= 0.6 is 0 Å². The summed E-state index contributed by atoms with van der Waals surface area (Å²) in [4.78, 5) is 68.5. The second-order valence-corrected chi connectivity index (χ2v) is 15.1. The molecule has 15 heteroatoms. The monoisotopic (exact) mass is 804 g/mol. The zero-order valence-electron chi connectivity index (χ0n) is 33.0. The zero-order chi connectivity index (χ0) is 41.5. The molecule has 5 amide bonds. The van der Waals surface area contributed by atoms with Crippen LogP contribution in [0.4, 0.5) is 0 Å². The van der Waals surface area contributed by atoms with Gasteiger partial charge in [0.15, 0.2) is 6.61 Å². The van der Waals surface area contributed by atoms with Gasteiger partial charge in [-0.05, 0) is 59.5 Å². The molecule has 0 aliphatic carbocycles. The normalized spacial score (nSPS) is 18.6. The molecule has 308 valence electrons. The summed E-state index contributed by atoms with van der Waals surface area (Å²) in [6, 6.07) is 23.4. The number of carbonyl (C=O) groups is 5. The van der Waals surface area contributed by atoms with Gasteiger partial charge < -0.3 is 35.3 Å². The first kappa shape index (κ1) is 41.2. The van der Waals surface area contributed by atoms with Crippen molar-refractivity contribution in [2.24, 2.45) is 5.73 Å². The van der Waals surface area contributed by atoms with Crippen LogP contribution in [0.2, 0.25) is 0 Å². The molecule has 3 unspecified atom stereocenters. The molecule has 3 atom stereocenters. The second-order valence-electron chi connectivity index (χ2n) is 15.1. The van der Waals surface area contributed by atoms with Gasteiger partial charge in [0.2, 0.25) is 11.8 Å². The molecule has 2 saturated heterocycles. The summed E-state index contributed by atoms with van der Waals surface area (Å²) >= 11 is 0. The van der Waals surface area contributed by atoms with Crippen molar-refractivity contribution in [1.29, 1.82) is 0 Å². The minimum atomic E-state index is -1.06. The van der Waals surface area contributed by atoms with E-state index in [9.17, 15) is 24.0 Å². The van der Waals surface area contributed by atoms with E-state index >= 15 is 0 Å². The maximum absolute atomic E-state index is 13.4. The number of aromatic nitrogens is 1. The third-order valence-electron chi connectivity index (χ3n) is 10.8. The van der Waals surface area contributed by atoms with Crippen molar-refractivity contribution >= 4 is 29.5 Å². The van der Waals surface area contributed by atoms with E-state index in [0.717, 1.165) is 46.1 Å². The number of carbonyl (C=O) groups excluding carboxylic acids is 5. The van der Waals surface area contributed by atoms with Gasteiger partial charge in [-0.3, -0.25) is 39.2 Å². The van der Waals surface area contributed by atoms with Gasteiger partial charge >= 0.3 is 0 Å². The lowest BCUT2D eigenvalue weighted by Crippen LogP contribution is -2.54. The summed E-state index contributed by atoms with van der Waals surface area (Å²) in [6.07, 6.45) is 1.08. The topological polar surface area (TPSA) is 201 Å². The van der Waals surface area contributed by atoms with E-state index in [-0.39, 0.29) is 67.6 Å². The minimum Gasteiger partial charge on any atom is -0.487 e. The summed E-state index contributed by atoms with van der Waals surface area (Å²) in [5, 5.41) is 8.30. The number of nitrogens with zero attached hydrogens (tertiary/aromatic N) is 2. The molecule has 0 spiro atoms. The summed E-state index contributed by atoms with van der Waals surface area (Å²) in [7, 11) is 0. The molecule has 2 fully saturated rings. The number of nitrogens with two attached hydrogens (primary N) is 1. The number of ether oxygens (including phenoxy) is 4. The minimum absolute atomic E-state index is 0.0314. The molecule has 0 bridgehead atoms. The quantitative estimate of drug-likeness (QED) is 0.0735. The lowest BCUT2D eigenvalue weighted by atomic mass is 9.78. The highest BCUT2D eigenvalue weighted by atomic mass is 16.5. The van der Waals surface area contributed by atoms with Crippen LogP contribution in [-0.2, 0) is 42.3 Å². The third-order valence-corrected chi connectivity index (χ3v) is 10.8. The van der Waals surface area contributed by atoms with Gasteiger partial charge in [0.1, 0.15) is 30.4 Å². The predicted molar refractivity (Wildman–Crippen MR) is 214 cm³/mol. The molecule has 0 radical (unpaired) electrons. The molecule has 3 aromatic carbocycles. The maximum atomic E-state index is 13.4. The number of fused-ring (bicyclic) bond motifs is 1. The number of benzene rings is 3. The number of pyridine rings is 1. The molecule has 0 saturated carbocycles. The van der Waals surface area contributed by atoms with E-state index in [1.54, 1.807) is 18.3 Å². The van der Waals surface area contributed by atoms with Gasteiger partial charge in [0.05, 0.1) is 36.1 Å². The summed E-state index contributed by atoms with van der Waals surface area (Å²) in [5.41, 5.74) is 10.8. The van der Waals surface area contributed by atoms with Gasteiger partial charge in [-0.1, -0.05) is 56.3 Å².